The molecule has 0 fully saturated rings. The zero-order valence-electron chi connectivity index (χ0n) is 17.7. The summed E-state index contributed by atoms with van der Waals surface area (Å²) in [6, 6.07) is 4.89. The van der Waals surface area contributed by atoms with Crippen LogP contribution in [0.2, 0.25) is 0 Å². The predicted molar refractivity (Wildman–Crippen MR) is 112 cm³/mol. The van der Waals surface area contributed by atoms with Crippen LogP contribution in [0.25, 0.3) is 0 Å². The van der Waals surface area contributed by atoms with E-state index < -0.39 is 68.5 Å². The van der Waals surface area contributed by atoms with Crippen LogP contribution in [0.1, 0.15) is 13.8 Å². The highest BCUT2D eigenvalue weighted by molar-refractivity contribution is 7.93. The number of benzene rings is 2. The topological polar surface area (TPSA) is 130 Å². The van der Waals surface area contributed by atoms with Gasteiger partial charge in [-0.25, -0.2) is 21.9 Å². The van der Waals surface area contributed by atoms with E-state index in [4.69, 9.17) is 10.5 Å². The summed E-state index contributed by atoms with van der Waals surface area (Å²) >= 11 is 0. The molecule has 3 rings (SSSR count). The number of carbonyl (C=O) groups is 2. The number of amides is 2. The molecule has 0 aliphatic carbocycles. The van der Waals surface area contributed by atoms with Gasteiger partial charge in [-0.15, -0.1) is 0 Å². The zero-order valence-corrected chi connectivity index (χ0v) is 18.5. The minimum absolute atomic E-state index is 0.0177. The van der Waals surface area contributed by atoms with Crippen LogP contribution in [-0.4, -0.2) is 49.9 Å². The van der Waals surface area contributed by atoms with Crippen molar-refractivity contribution in [3.63, 3.8) is 0 Å². The second-order valence-electron chi connectivity index (χ2n) is 7.81. The second kappa shape index (κ2) is 8.34. The molecule has 34 heavy (non-hydrogen) atoms. The summed E-state index contributed by atoms with van der Waals surface area (Å²) in [5, 5.41) is 9.55. The lowest BCUT2D eigenvalue weighted by atomic mass is 10.0. The van der Waals surface area contributed by atoms with Crippen molar-refractivity contribution in [2.45, 2.75) is 36.5 Å². The smallest absolute Gasteiger partial charge is 0.412 e. The molecule has 2 aromatic rings. The zero-order chi connectivity index (χ0) is 25.6. The Labute approximate surface area is 191 Å². The van der Waals surface area contributed by atoms with E-state index in [0.29, 0.717) is 18.2 Å². The summed E-state index contributed by atoms with van der Waals surface area (Å²) in [6.45, 7) is 0.755. The van der Waals surface area contributed by atoms with E-state index in [9.17, 15) is 40.7 Å². The molecule has 0 saturated carbocycles. The molecule has 0 saturated heterocycles. The number of fused-ring (bicyclic) bond motifs is 1. The van der Waals surface area contributed by atoms with Crippen molar-refractivity contribution in [2.75, 3.05) is 15.8 Å². The van der Waals surface area contributed by atoms with E-state index in [0.717, 1.165) is 42.5 Å². The Hall–Kier alpha value is -3.55. The fourth-order valence-electron chi connectivity index (χ4n) is 3.36. The second-order valence-corrected chi connectivity index (χ2v) is 9.63. The Morgan fingerprint density at radius 1 is 1.15 bits per heavy atom. The number of ether oxygens (including phenoxy) is 1. The third kappa shape index (κ3) is 4.20. The maximum Gasteiger partial charge on any atom is 0.412 e. The molecule has 184 valence electrons. The van der Waals surface area contributed by atoms with Crippen molar-refractivity contribution in [3.05, 3.63) is 48.3 Å². The van der Waals surface area contributed by atoms with Gasteiger partial charge in [-0.1, -0.05) is 0 Å². The van der Waals surface area contributed by atoms with Gasteiger partial charge in [0.1, 0.15) is 23.7 Å². The molecule has 3 N–H and O–H groups in total. The van der Waals surface area contributed by atoms with Crippen molar-refractivity contribution >= 4 is 33.4 Å². The molecule has 9 nitrogen and oxygen atoms in total. The number of nitrogens with zero attached hydrogens (tertiary/aromatic N) is 2. The average molecular weight is 505 g/mol. The van der Waals surface area contributed by atoms with Gasteiger partial charge >= 0.3 is 12.3 Å². The summed E-state index contributed by atoms with van der Waals surface area (Å²) in [5.41, 5.74) is 1.48. The van der Waals surface area contributed by atoms with Crippen LogP contribution in [0.15, 0.2) is 47.4 Å². The van der Waals surface area contributed by atoms with Gasteiger partial charge in [0.2, 0.25) is 5.91 Å². The summed E-state index contributed by atoms with van der Waals surface area (Å²) in [7, 11) is -4.62. The fourth-order valence-corrected chi connectivity index (χ4v) is 4.97. The molecule has 1 aliphatic heterocycles. The highest BCUT2D eigenvalue weighted by Crippen LogP contribution is 2.44. The first-order valence-electron chi connectivity index (χ1n) is 9.55. The van der Waals surface area contributed by atoms with Crippen molar-refractivity contribution in [1.29, 1.82) is 0 Å². The Bertz CT molecular complexity index is 1230. The third-order valence-electron chi connectivity index (χ3n) is 5.26. The molecule has 1 aliphatic rings. The molecule has 0 unspecified atom stereocenters. The number of sulfonamides is 1. The van der Waals surface area contributed by atoms with Gasteiger partial charge in [0.25, 0.3) is 10.0 Å². The number of carbonyl (C=O) groups excluding carboxylic acids is 1. The number of nitrogens with two attached hydrogens (primary N) is 1. The fraction of sp³-hybridized carbons (Fsp3) is 0.300. The highest BCUT2D eigenvalue weighted by atomic mass is 32.2. The molecule has 0 bridgehead atoms. The number of carboxylic acid groups (broad SMARTS) is 1. The lowest BCUT2D eigenvalue weighted by Gasteiger charge is -2.39. The van der Waals surface area contributed by atoms with Crippen LogP contribution in [0, 0.1) is 5.82 Å². The third-order valence-corrected chi connectivity index (χ3v) is 7.10. The van der Waals surface area contributed by atoms with Crippen LogP contribution >= 0.6 is 0 Å². The van der Waals surface area contributed by atoms with E-state index in [1.54, 1.807) is 0 Å². The SMILES string of the molecule is CC(C)(N(C(=O)O)c1ccc2c(c1)N(S(=O)(=O)c1ccc(F)cc1)[C@H](C(N)=O)CO2)C(F)(F)F. The summed E-state index contributed by atoms with van der Waals surface area (Å²) in [5.74, 6) is -2.02. The number of halogens is 4. The molecule has 0 radical (unpaired) electrons. The van der Waals surface area contributed by atoms with Gasteiger partial charge in [-0.2, -0.15) is 13.2 Å². The van der Waals surface area contributed by atoms with E-state index in [1.165, 1.54) is 0 Å². The molecule has 0 aromatic heterocycles. The van der Waals surface area contributed by atoms with Crippen LogP contribution in [-0.2, 0) is 14.8 Å². The minimum atomic E-state index is -4.99. The van der Waals surface area contributed by atoms with Crippen molar-refractivity contribution in [3.8, 4) is 5.75 Å². The normalized spacial score (nSPS) is 16.4. The minimum Gasteiger partial charge on any atom is -0.489 e. The molecule has 1 heterocycles. The monoisotopic (exact) mass is 505 g/mol. The molecule has 2 aromatic carbocycles. The van der Waals surface area contributed by atoms with Crippen molar-refractivity contribution in [1.82, 2.24) is 0 Å². The highest BCUT2D eigenvalue weighted by Gasteiger charge is 2.54. The van der Waals surface area contributed by atoms with E-state index >= 15 is 0 Å². The van der Waals surface area contributed by atoms with E-state index in [2.05, 4.69) is 0 Å². The van der Waals surface area contributed by atoms with E-state index in [-0.39, 0.29) is 10.6 Å². The first-order chi connectivity index (χ1) is 15.6. The Morgan fingerprint density at radius 3 is 2.24 bits per heavy atom. The van der Waals surface area contributed by atoms with E-state index in [1.807, 2.05) is 0 Å². The Morgan fingerprint density at radius 2 is 1.74 bits per heavy atom. The largest absolute Gasteiger partial charge is 0.489 e. The average Bonchev–Trinajstić information content (AvgIpc) is 2.71. The van der Waals surface area contributed by atoms with Crippen molar-refractivity contribution in [2.24, 2.45) is 5.73 Å². The number of primary amides is 1. The Kier molecular flexibility index (Phi) is 6.15. The number of hydrogen-bond acceptors (Lipinski definition) is 5. The van der Waals surface area contributed by atoms with Crippen LogP contribution in [0.3, 0.4) is 0 Å². The van der Waals surface area contributed by atoms with Crippen molar-refractivity contribution < 1.29 is 45.4 Å². The quantitative estimate of drug-likeness (QED) is 0.601. The van der Waals surface area contributed by atoms with Gasteiger partial charge < -0.3 is 15.6 Å². The molecular weight excluding hydrogens is 486 g/mol. The summed E-state index contributed by atoms with van der Waals surface area (Å²) < 4.78 is 86.9. The predicted octanol–water partition coefficient (Wildman–Crippen LogP) is 3.09. The summed E-state index contributed by atoms with van der Waals surface area (Å²) in [4.78, 5) is 23.4. The number of anilines is 2. The molecule has 2 amide bonds. The molecular formula is C20H19F4N3O6S. The van der Waals surface area contributed by atoms with Gasteiger partial charge in [0.05, 0.1) is 16.3 Å². The number of alkyl halides is 3. The first-order valence-corrected chi connectivity index (χ1v) is 11.0. The summed E-state index contributed by atoms with van der Waals surface area (Å²) in [6.07, 6.45) is -6.95. The molecule has 0 spiro atoms. The van der Waals surface area contributed by atoms with Gasteiger partial charge in [-0.05, 0) is 56.3 Å². The van der Waals surface area contributed by atoms with Gasteiger partial charge in [-0.3, -0.25) is 9.69 Å². The lowest BCUT2D eigenvalue weighted by molar-refractivity contribution is -0.175. The van der Waals surface area contributed by atoms with Gasteiger partial charge in [0, 0.05) is 0 Å². The lowest BCUT2D eigenvalue weighted by Crippen LogP contribution is -2.57. The maximum atomic E-state index is 13.6. The van der Waals surface area contributed by atoms with Gasteiger partial charge in [0.15, 0.2) is 6.04 Å². The Balaban J connectivity index is 2.24. The number of rotatable bonds is 5. The standard InChI is InChI=1S/C20H19F4N3O6S/c1-19(2,20(22,23)24)26(18(29)30)12-5-8-16-14(9-12)27(15(10-33-16)17(25)28)34(31,32)13-6-3-11(21)4-7-13/h3-9,15H,10H2,1-2H3,(H2,25,28)(H,29,30)/t15-/m0/s1. The first kappa shape index (κ1) is 25.1. The van der Waals surface area contributed by atoms with Crippen LogP contribution in [0.5, 0.6) is 5.75 Å². The van der Waals surface area contributed by atoms with Crippen LogP contribution in [0.4, 0.5) is 33.7 Å². The molecule has 14 heteroatoms. The van der Waals surface area contributed by atoms with Crippen LogP contribution < -0.4 is 19.7 Å². The number of hydrogen-bond donors (Lipinski definition) is 2. The molecule has 1 atom stereocenters. The maximum absolute atomic E-state index is 13.6.